The summed E-state index contributed by atoms with van der Waals surface area (Å²) in [5.41, 5.74) is 5.20. The molecule has 0 aliphatic heterocycles. The fourth-order valence-corrected chi connectivity index (χ4v) is 10.4. The molecule has 1 aliphatic rings. The topological polar surface area (TPSA) is 176 Å². The molecular formula is C74H88O14. The summed E-state index contributed by atoms with van der Waals surface area (Å²) < 4.78 is 46.3. The van der Waals surface area contributed by atoms with Gasteiger partial charge in [-0.2, -0.15) is 0 Å². The smallest absolute Gasteiger partial charge is 0.347 e. The molecule has 4 atom stereocenters. The zero-order valence-corrected chi connectivity index (χ0v) is 52.5. The molecule has 1 aliphatic carbocycles. The molecule has 0 heterocycles. The predicted molar refractivity (Wildman–Crippen MR) is 339 cm³/mol. The van der Waals surface area contributed by atoms with Gasteiger partial charge in [-0.3, -0.25) is 9.59 Å². The summed E-state index contributed by atoms with van der Waals surface area (Å²) in [6.07, 6.45) is 10.6. The van der Waals surface area contributed by atoms with Crippen LogP contribution in [0.2, 0.25) is 0 Å². The van der Waals surface area contributed by atoms with E-state index in [-0.39, 0.29) is 36.2 Å². The SMILES string of the molecule is CCCCCCCOc1ccc(C2C(C(=O)Oc3ccc(-c4ccc(C(=O)OC(C)C(=O)OCC(C)CC)cc4)cc3)C(c3ccc(OCCCCCCC)cc3)C2C(=O)Oc2ccc(-c3ccc(C(=O)OC(C)C(=O)OCC(C)CC)cc3)cc2)cc1. The Bertz CT molecular complexity index is 2930. The number of unbranched alkanes of at least 4 members (excludes halogenated alkanes) is 8. The summed E-state index contributed by atoms with van der Waals surface area (Å²) in [7, 11) is 0. The normalized spacial score (nSPS) is 16.5. The highest BCUT2D eigenvalue weighted by Crippen LogP contribution is 2.59. The first-order valence-corrected chi connectivity index (χ1v) is 31.7. The Morgan fingerprint density at radius 2 is 0.682 bits per heavy atom. The first kappa shape index (κ1) is 67.3. The van der Waals surface area contributed by atoms with Crippen molar-refractivity contribution in [2.24, 2.45) is 23.7 Å². The van der Waals surface area contributed by atoms with E-state index in [1.165, 1.54) is 26.7 Å². The summed E-state index contributed by atoms with van der Waals surface area (Å²) in [5.74, 6) is -4.19. The lowest BCUT2D eigenvalue weighted by Gasteiger charge is -2.49. The van der Waals surface area contributed by atoms with Gasteiger partial charge >= 0.3 is 35.8 Å². The van der Waals surface area contributed by atoms with Crippen molar-refractivity contribution in [3.63, 3.8) is 0 Å². The second-order valence-corrected chi connectivity index (χ2v) is 23.2. The minimum atomic E-state index is -1.07. The van der Waals surface area contributed by atoms with Crippen LogP contribution in [0.4, 0.5) is 0 Å². The third kappa shape index (κ3) is 19.4. The van der Waals surface area contributed by atoms with Crippen LogP contribution in [0, 0.1) is 23.7 Å². The minimum absolute atomic E-state index is 0.195. The molecule has 1 fully saturated rings. The first-order valence-electron chi connectivity index (χ1n) is 31.7. The molecule has 0 N–H and O–H groups in total. The van der Waals surface area contributed by atoms with Crippen molar-refractivity contribution in [2.45, 2.75) is 156 Å². The summed E-state index contributed by atoms with van der Waals surface area (Å²) >= 11 is 0. The maximum atomic E-state index is 15.0. The van der Waals surface area contributed by atoms with E-state index in [0.29, 0.717) is 36.2 Å². The van der Waals surface area contributed by atoms with Crippen molar-refractivity contribution < 1.29 is 66.7 Å². The number of carbonyl (C=O) groups excluding carboxylic acids is 6. The van der Waals surface area contributed by atoms with E-state index in [9.17, 15) is 28.8 Å². The highest BCUT2D eigenvalue weighted by atomic mass is 16.6. The van der Waals surface area contributed by atoms with Crippen molar-refractivity contribution in [1.82, 2.24) is 0 Å². The van der Waals surface area contributed by atoms with Crippen LogP contribution in [0.1, 0.15) is 176 Å². The second kappa shape index (κ2) is 34.3. The molecule has 0 radical (unpaired) electrons. The van der Waals surface area contributed by atoms with Gasteiger partial charge < -0.3 is 37.9 Å². The van der Waals surface area contributed by atoms with Crippen molar-refractivity contribution in [2.75, 3.05) is 26.4 Å². The van der Waals surface area contributed by atoms with Crippen molar-refractivity contribution in [3.05, 3.63) is 168 Å². The molecule has 14 heteroatoms. The summed E-state index contributed by atoms with van der Waals surface area (Å²) in [6.45, 7) is 17.0. The van der Waals surface area contributed by atoms with Gasteiger partial charge in [-0.15, -0.1) is 0 Å². The predicted octanol–water partition coefficient (Wildman–Crippen LogP) is 16.3. The number of rotatable bonds is 34. The van der Waals surface area contributed by atoms with Gasteiger partial charge in [-0.25, -0.2) is 19.2 Å². The van der Waals surface area contributed by atoms with Gasteiger partial charge in [0.05, 0.1) is 49.4 Å². The largest absolute Gasteiger partial charge is 0.494 e. The van der Waals surface area contributed by atoms with Gasteiger partial charge in [-0.05, 0) is 145 Å². The average molecular weight is 1200 g/mol. The van der Waals surface area contributed by atoms with E-state index in [0.717, 1.165) is 97.6 Å². The van der Waals surface area contributed by atoms with Gasteiger partial charge in [-0.1, -0.05) is 179 Å². The molecule has 7 rings (SSSR count). The Hall–Kier alpha value is -8.26. The molecule has 6 aromatic rings. The molecule has 88 heavy (non-hydrogen) atoms. The molecule has 0 saturated heterocycles. The van der Waals surface area contributed by atoms with Crippen LogP contribution in [-0.2, 0) is 38.1 Å². The fraction of sp³-hybridized carbons (Fsp3) is 0.432. The number of esters is 6. The monoisotopic (exact) mass is 1200 g/mol. The molecule has 0 bridgehead atoms. The molecule has 4 unspecified atom stereocenters. The van der Waals surface area contributed by atoms with Crippen LogP contribution in [0.3, 0.4) is 0 Å². The molecule has 468 valence electrons. The summed E-state index contributed by atoms with van der Waals surface area (Å²) in [6, 6.07) is 42.9. The van der Waals surface area contributed by atoms with Gasteiger partial charge in [0.15, 0.2) is 12.2 Å². The van der Waals surface area contributed by atoms with E-state index in [1.807, 2.05) is 100 Å². The Labute approximate surface area is 519 Å². The molecule has 0 amide bonds. The summed E-state index contributed by atoms with van der Waals surface area (Å²) in [4.78, 5) is 80.9. The Morgan fingerprint density at radius 3 is 1.00 bits per heavy atom. The Kier molecular flexibility index (Phi) is 26.2. The zero-order chi connectivity index (χ0) is 63.0. The molecule has 1 saturated carbocycles. The van der Waals surface area contributed by atoms with Crippen LogP contribution >= 0.6 is 0 Å². The number of carbonyl (C=O) groups is 6. The van der Waals surface area contributed by atoms with Gasteiger partial charge in [0.1, 0.15) is 23.0 Å². The maximum Gasteiger partial charge on any atom is 0.347 e. The third-order valence-electron chi connectivity index (χ3n) is 16.4. The number of benzene rings is 6. The lowest BCUT2D eigenvalue weighted by molar-refractivity contribution is -0.157. The van der Waals surface area contributed by atoms with Crippen LogP contribution in [-0.4, -0.2) is 74.5 Å². The zero-order valence-electron chi connectivity index (χ0n) is 52.5. The maximum absolute atomic E-state index is 15.0. The number of hydrogen-bond donors (Lipinski definition) is 0. The van der Waals surface area contributed by atoms with E-state index in [2.05, 4.69) is 13.8 Å². The van der Waals surface area contributed by atoms with Crippen molar-refractivity contribution in [3.8, 4) is 45.3 Å². The molecule has 0 aromatic heterocycles. The van der Waals surface area contributed by atoms with Gasteiger partial charge in [0.2, 0.25) is 0 Å². The first-order chi connectivity index (χ1) is 42.6. The van der Waals surface area contributed by atoms with E-state index in [1.54, 1.807) is 72.8 Å². The van der Waals surface area contributed by atoms with E-state index in [4.69, 9.17) is 37.9 Å². The molecule has 6 aromatic carbocycles. The Balaban J connectivity index is 1.11. The lowest BCUT2D eigenvalue weighted by Crippen LogP contribution is -2.53. The standard InChI is InChI=1S/C74H88O14/c1-9-13-15-17-19-45-81-61-37-33-57(34-38-61)65-67(73(79)87-63-41-29-55(30-42-63)53-21-25-59(26-22-53)71(77)85-51(7)69(75)83-47-49(5)11-3)66(58-35-39-62(40-36-58)82-46-20-18-16-14-10-2)68(65)74(80)88-64-43-31-56(32-44-64)54-23-27-60(28-24-54)72(78)86-52(8)70(76)84-48-50(6)12-4/h21-44,49-52,65-68H,9-20,45-48H2,1-8H3. The van der Waals surface area contributed by atoms with Gasteiger partial charge in [0, 0.05) is 11.8 Å². The lowest BCUT2D eigenvalue weighted by atomic mass is 9.52. The van der Waals surface area contributed by atoms with E-state index < -0.39 is 71.7 Å². The van der Waals surface area contributed by atoms with Crippen molar-refractivity contribution >= 4 is 35.8 Å². The van der Waals surface area contributed by atoms with Crippen LogP contribution in [0.25, 0.3) is 22.3 Å². The molecule has 14 nitrogen and oxygen atoms in total. The van der Waals surface area contributed by atoms with Crippen LogP contribution in [0.5, 0.6) is 23.0 Å². The minimum Gasteiger partial charge on any atom is -0.494 e. The average Bonchev–Trinajstić information content (AvgIpc) is 0.744. The molecule has 0 spiro atoms. The fourth-order valence-electron chi connectivity index (χ4n) is 10.4. The highest BCUT2D eigenvalue weighted by Gasteiger charge is 2.60. The highest BCUT2D eigenvalue weighted by molar-refractivity contribution is 5.93. The number of hydrogen-bond acceptors (Lipinski definition) is 14. The van der Waals surface area contributed by atoms with Crippen LogP contribution in [0.15, 0.2) is 146 Å². The Morgan fingerprint density at radius 1 is 0.375 bits per heavy atom. The quantitative estimate of drug-likeness (QED) is 0.0161. The van der Waals surface area contributed by atoms with Gasteiger partial charge in [0.25, 0.3) is 0 Å². The van der Waals surface area contributed by atoms with Crippen molar-refractivity contribution in [1.29, 1.82) is 0 Å². The number of ether oxygens (including phenoxy) is 8. The van der Waals surface area contributed by atoms with E-state index >= 15 is 0 Å². The summed E-state index contributed by atoms with van der Waals surface area (Å²) in [5, 5.41) is 0. The second-order valence-electron chi connectivity index (χ2n) is 23.2. The van der Waals surface area contributed by atoms with Crippen LogP contribution < -0.4 is 18.9 Å². The third-order valence-corrected chi connectivity index (χ3v) is 16.4. The molecular weight excluding hydrogens is 1110 g/mol.